The number of hydrogen-bond donors (Lipinski definition) is 2. The lowest BCUT2D eigenvalue weighted by Gasteiger charge is -2.27. The Morgan fingerprint density at radius 2 is 1.04 bits per heavy atom. The lowest BCUT2D eigenvalue weighted by atomic mass is 9.79. The third-order valence-electron chi connectivity index (χ3n) is 14.2. The van der Waals surface area contributed by atoms with Gasteiger partial charge in [0.05, 0.1) is 19.6 Å². The van der Waals surface area contributed by atoms with Crippen LogP contribution >= 0.6 is 0 Å². The molecule has 2 aliphatic rings. The summed E-state index contributed by atoms with van der Waals surface area (Å²) in [5.41, 5.74) is 5.05. The molecule has 0 saturated carbocycles. The molecule has 0 spiro atoms. The summed E-state index contributed by atoms with van der Waals surface area (Å²) in [5.74, 6) is -0.315. The average molecular weight is 986 g/mol. The first-order chi connectivity index (χ1) is 32.8. The number of esters is 2. The van der Waals surface area contributed by atoms with Crippen molar-refractivity contribution in [2.75, 3.05) is 32.2 Å². The number of anilines is 1. The highest BCUT2D eigenvalue weighted by Crippen LogP contribution is 2.52. The van der Waals surface area contributed by atoms with Crippen LogP contribution in [-0.4, -0.2) is 75.5 Å². The van der Waals surface area contributed by atoms with Gasteiger partial charge in [-0.1, -0.05) is 121 Å². The predicted molar refractivity (Wildman–Crippen MR) is 275 cm³/mol. The Hall–Kier alpha value is -4.89. The monoisotopic (exact) mass is 985 g/mol. The Kier molecular flexibility index (Phi) is 18.1. The van der Waals surface area contributed by atoms with Gasteiger partial charge in [0.15, 0.2) is 5.71 Å². The molecular weight excluding hydrogens is 913 g/mol. The normalized spacial score (nSPS) is 16.0. The topological polar surface area (TPSA) is 168 Å². The lowest BCUT2D eigenvalue weighted by molar-refractivity contribution is -0.438. The van der Waals surface area contributed by atoms with Crippen molar-refractivity contribution in [3.05, 3.63) is 95.7 Å². The second kappa shape index (κ2) is 23.3. The molecule has 69 heavy (non-hydrogen) atoms. The van der Waals surface area contributed by atoms with Crippen molar-refractivity contribution >= 4 is 70.8 Å². The van der Waals surface area contributed by atoms with Crippen LogP contribution in [0.4, 0.5) is 11.4 Å². The number of nitrogens with zero attached hydrogens (tertiary/aromatic N) is 2. The summed E-state index contributed by atoms with van der Waals surface area (Å²) in [6.45, 7) is 10.2. The molecule has 4 aromatic carbocycles. The maximum Gasteiger partial charge on any atom is 0.305 e. The molecule has 14 heteroatoms. The van der Waals surface area contributed by atoms with Crippen LogP contribution in [0.2, 0.25) is 0 Å². The summed E-state index contributed by atoms with van der Waals surface area (Å²) in [7, 11) is -6.10. The van der Waals surface area contributed by atoms with E-state index < -0.39 is 31.1 Å². The van der Waals surface area contributed by atoms with E-state index in [0.29, 0.717) is 23.6 Å². The second-order valence-corrected chi connectivity index (χ2v) is 22.5. The summed E-state index contributed by atoms with van der Waals surface area (Å²) in [6, 6.07) is 17.7. The van der Waals surface area contributed by atoms with E-state index in [2.05, 4.69) is 55.4 Å². The van der Waals surface area contributed by atoms with E-state index in [1.54, 1.807) is 24.3 Å². The highest BCUT2D eigenvalue weighted by molar-refractivity contribution is 7.86. The Morgan fingerprint density at radius 3 is 1.55 bits per heavy atom. The van der Waals surface area contributed by atoms with Gasteiger partial charge in [-0.25, -0.2) is 0 Å². The van der Waals surface area contributed by atoms with Crippen LogP contribution in [0.15, 0.2) is 94.4 Å². The van der Waals surface area contributed by atoms with E-state index in [0.717, 1.165) is 161 Å². The van der Waals surface area contributed by atoms with Crippen molar-refractivity contribution in [1.82, 2.24) is 0 Å². The zero-order valence-electron chi connectivity index (χ0n) is 41.5. The number of benzene rings is 4. The van der Waals surface area contributed by atoms with Crippen molar-refractivity contribution in [3.63, 3.8) is 0 Å². The lowest BCUT2D eigenvalue weighted by Crippen LogP contribution is -2.28. The number of unbranched alkanes of at least 4 members (excludes halogenated alkanes) is 14. The van der Waals surface area contributed by atoms with Crippen LogP contribution in [0, 0.1) is 0 Å². The molecule has 2 N–H and O–H groups in total. The van der Waals surface area contributed by atoms with Crippen LogP contribution in [0.1, 0.15) is 154 Å². The standard InChI is InChI=1S/C55H72N2O10S2/c1-54(2)48(56(38-21-17-13-9-7-11-15-19-32-50(58)66-5)44-36-34-40-42(52(44)54)26-23-28-46(40)68(60,61)62)30-25-31-49-55(3,4)53-43-27-24-29-47(69(63,64)65)41(43)35-37-45(53)57(49)39-22-18-14-10-8-12-16-20-33-51(59)67-6/h23-31,34-37H,7-22,32-33,38-39H2,1-6H3,(H-,60,61,62,63,64,65)/p+1. The van der Waals surface area contributed by atoms with Gasteiger partial charge in [0.1, 0.15) is 16.3 Å². The molecule has 2 heterocycles. The summed E-state index contributed by atoms with van der Waals surface area (Å²) < 4.78 is 82.6. The van der Waals surface area contributed by atoms with Gasteiger partial charge in [-0.05, 0) is 86.2 Å². The minimum absolute atomic E-state index is 0.115. The Morgan fingerprint density at radius 1 is 0.580 bits per heavy atom. The molecule has 374 valence electrons. The number of rotatable bonds is 26. The van der Waals surface area contributed by atoms with Crippen molar-refractivity contribution in [2.45, 2.75) is 164 Å². The van der Waals surface area contributed by atoms with Crippen molar-refractivity contribution in [1.29, 1.82) is 0 Å². The van der Waals surface area contributed by atoms with Crippen LogP contribution in [-0.2, 0) is 50.1 Å². The molecule has 0 bridgehead atoms. The van der Waals surface area contributed by atoms with E-state index in [-0.39, 0.29) is 21.7 Å². The number of hydrogen-bond acceptors (Lipinski definition) is 9. The molecule has 6 rings (SSSR count). The molecule has 0 fully saturated rings. The van der Waals surface area contributed by atoms with Gasteiger partial charge in [-0.3, -0.25) is 18.7 Å². The predicted octanol–water partition coefficient (Wildman–Crippen LogP) is 12.5. The van der Waals surface area contributed by atoms with E-state index in [9.17, 15) is 35.5 Å². The molecule has 0 unspecified atom stereocenters. The molecule has 0 saturated heterocycles. The fraction of sp³-hybridized carbons (Fsp3) is 0.509. The fourth-order valence-electron chi connectivity index (χ4n) is 10.8. The maximum atomic E-state index is 12.6. The molecule has 0 amide bonds. The zero-order chi connectivity index (χ0) is 50.0. The highest BCUT2D eigenvalue weighted by atomic mass is 32.2. The summed E-state index contributed by atoms with van der Waals surface area (Å²) in [5, 5.41) is 2.51. The SMILES string of the molecule is COC(=O)CCCCCCCCCCN1/C(=C\C=C\C2=[N+](CCCCCCCCCCC(=O)OC)c3ccc4c(S(=O)(=O)O)cccc4c3C2(C)C)C(C)(C)c2c1ccc1c(S(=O)(=O)O)cccc21. The van der Waals surface area contributed by atoms with Crippen molar-refractivity contribution in [2.24, 2.45) is 0 Å². The summed E-state index contributed by atoms with van der Waals surface area (Å²) in [6.07, 6.45) is 23.9. The van der Waals surface area contributed by atoms with Gasteiger partial charge in [0.2, 0.25) is 5.69 Å². The van der Waals surface area contributed by atoms with Crippen LogP contribution in [0.25, 0.3) is 21.5 Å². The molecule has 0 atom stereocenters. The van der Waals surface area contributed by atoms with Gasteiger partial charge >= 0.3 is 11.9 Å². The third-order valence-corrected chi connectivity index (χ3v) is 16.1. The number of fused-ring (bicyclic) bond motifs is 6. The average Bonchev–Trinajstić information content (AvgIpc) is 3.66. The van der Waals surface area contributed by atoms with Crippen molar-refractivity contribution < 1.29 is 49.6 Å². The fourth-order valence-corrected chi connectivity index (χ4v) is 12.2. The summed E-state index contributed by atoms with van der Waals surface area (Å²) >= 11 is 0. The van der Waals surface area contributed by atoms with E-state index in [1.807, 2.05) is 24.3 Å². The van der Waals surface area contributed by atoms with Crippen LogP contribution in [0.5, 0.6) is 0 Å². The first-order valence-corrected chi connectivity index (χ1v) is 27.7. The zero-order valence-corrected chi connectivity index (χ0v) is 43.2. The molecule has 4 aromatic rings. The van der Waals surface area contributed by atoms with E-state index in [4.69, 9.17) is 9.47 Å². The Labute approximate surface area is 410 Å². The van der Waals surface area contributed by atoms with Gasteiger partial charge in [-0.2, -0.15) is 21.4 Å². The van der Waals surface area contributed by atoms with Gasteiger partial charge in [-0.15, -0.1) is 0 Å². The minimum atomic E-state index is -4.48. The quantitative estimate of drug-likeness (QED) is 0.0266. The number of methoxy groups -OCH3 is 2. The van der Waals surface area contributed by atoms with E-state index in [1.165, 1.54) is 26.4 Å². The Bertz CT molecular complexity index is 2820. The maximum absolute atomic E-state index is 12.6. The van der Waals surface area contributed by atoms with Crippen molar-refractivity contribution in [3.8, 4) is 0 Å². The summed E-state index contributed by atoms with van der Waals surface area (Å²) in [4.78, 5) is 25.1. The minimum Gasteiger partial charge on any atom is -0.469 e. The molecule has 12 nitrogen and oxygen atoms in total. The third kappa shape index (κ3) is 12.5. The molecule has 0 radical (unpaired) electrons. The van der Waals surface area contributed by atoms with Gasteiger partial charge in [0.25, 0.3) is 20.2 Å². The highest BCUT2D eigenvalue weighted by Gasteiger charge is 2.46. The molecular formula is C55H73N2O10S2+. The first kappa shape index (κ1) is 53.5. The Balaban J connectivity index is 1.29. The molecule has 0 aromatic heterocycles. The largest absolute Gasteiger partial charge is 0.469 e. The van der Waals surface area contributed by atoms with E-state index >= 15 is 0 Å². The number of ether oxygens (including phenoxy) is 2. The van der Waals surface area contributed by atoms with Gasteiger partial charge in [0, 0.05) is 71.1 Å². The number of carbonyl (C=O) groups is 2. The molecule has 2 aliphatic heterocycles. The van der Waals surface area contributed by atoms with Gasteiger partial charge < -0.3 is 14.4 Å². The van der Waals surface area contributed by atoms with Crippen LogP contribution < -0.4 is 4.90 Å². The number of carbonyl (C=O) groups excluding carboxylic acids is 2. The first-order valence-electron chi connectivity index (χ1n) is 24.9. The smallest absolute Gasteiger partial charge is 0.305 e. The van der Waals surface area contributed by atoms with Crippen LogP contribution in [0.3, 0.4) is 0 Å². The second-order valence-electron chi connectivity index (χ2n) is 19.7. The molecule has 0 aliphatic carbocycles. The number of allylic oxidation sites excluding steroid dienone is 4.